The van der Waals surface area contributed by atoms with Gasteiger partial charge in [0.15, 0.2) is 6.29 Å². The van der Waals surface area contributed by atoms with Crippen molar-refractivity contribution in [2.45, 2.75) is 139 Å². The van der Waals surface area contributed by atoms with Gasteiger partial charge in [0.2, 0.25) is 0 Å². The molecule has 1 aromatic rings. The van der Waals surface area contributed by atoms with Crippen molar-refractivity contribution in [1.29, 1.82) is 0 Å². The molecule has 0 unspecified atom stereocenters. The first kappa shape index (κ1) is 35.6. The van der Waals surface area contributed by atoms with Crippen LogP contribution in [0.5, 0.6) is 0 Å². The molecule has 0 aliphatic carbocycles. The summed E-state index contributed by atoms with van der Waals surface area (Å²) in [6.45, 7) is 1.25. The highest BCUT2D eigenvalue weighted by molar-refractivity contribution is 5.94. The molecule has 0 radical (unpaired) electrons. The zero-order chi connectivity index (χ0) is 30.0. The van der Waals surface area contributed by atoms with Crippen LogP contribution in [0.3, 0.4) is 0 Å². The zero-order valence-electron chi connectivity index (χ0n) is 24.5. The van der Waals surface area contributed by atoms with Crippen LogP contribution in [0.1, 0.15) is 101 Å². The molecule has 0 saturated carbocycles. The third-order valence-corrected chi connectivity index (χ3v) is 7.80. The lowest BCUT2D eigenvalue weighted by atomic mass is 9.98. The zero-order valence-corrected chi connectivity index (χ0v) is 24.5. The third-order valence-electron chi connectivity index (χ3n) is 7.80. The van der Waals surface area contributed by atoms with Gasteiger partial charge in [-0.2, -0.15) is 0 Å². The molecule has 7 N–H and O–H groups in total. The summed E-state index contributed by atoms with van der Waals surface area (Å²) in [5.41, 5.74) is 0.355. The topological polar surface area (TPSA) is 169 Å². The van der Waals surface area contributed by atoms with E-state index in [0.29, 0.717) is 12.0 Å². The van der Waals surface area contributed by atoms with Crippen LogP contribution in [0.2, 0.25) is 0 Å². The average Bonchev–Trinajstić information content (AvgIpc) is 2.99. The van der Waals surface area contributed by atoms with E-state index in [0.717, 1.165) is 25.7 Å². The summed E-state index contributed by atoms with van der Waals surface area (Å²) in [5.74, 6) is -0.482. The summed E-state index contributed by atoms with van der Waals surface area (Å²) in [4.78, 5) is 12.8. The van der Waals surface area contributed by atoms with Crippen LogP contribution < -0.4 is 5.32 Å². The molecule has 236 valence electrons. The van der Waals surface area contributed by atoms with Crippen LogP contribution >= 0.6 is 0 Å². The molecule has 1 amide bonds. The van der Waals surface area contributed by atoms with E-state index in [1.807, 2.05) is 0 Å². The van der Waals surface area contributed by atoms with Crippen LogP contribution in [-0.2, 0) is 9.47 Å². The number of hydrogen-bond donors (Lipinski definition) is 7. The Morgan fingerprint density at radius 1 is 0.854 bits per heavy atom. The fourth-order valence-electron chi connectivity index (χ4n) is 5.10. The highest BCUT2D eigenvalue weighted by Gasteiger charge is 2.44. The van der Waals surface area contributed by atoms with Gasteiger partial charge in [-0.15, -0.1) is 0 Å². The van der Waals surface area contributed by atoms with Crippen molar-refractivity contribution in [3.05, 3.63) is 35.9 Å². The maximum Gasteiger partial charge on any atom is 0.251 e. The van der Waals surface area contributed by atoms with E-state index in [1.165, 1.54) is 51.4 Å². The van der Waals surface area contributed by atoms with Gasteiger partial charge in [-0.05, 0) is 18.6 Å². The van der Waals surface area contributed by atoms with E-state index in [-0.39, 0.29) is 6.61 Å². The Labute approximate surface area is 244 Å². The van der Waals surface area contributed by atoms with E-state index in [1.54, 1.807) is 30.3 Å². The number of ether oxygens (including phenoxy) is 2. The number of carbonyl (C=O) groups is 1. The van der Waals surface area contributed by atoms with Gasteiger partial charge in [0.25, 0.3) is 5.91 Å². The summed E-state index contributed by atoms with van der Waals surface area (Å²) in [5, 5.41) is 64.1. The van der Waals surface area contributed by atoms with E-state index in [9.17, 15) is 35.4 Å². The summed E-state index contributed by atoms with van der Waals surface area (Å²) < 4.78 is 11.0. The number of aliphatic hydroxyl groups excluding tert-OH is 6. The predicted octanol–water partition coefficient (Wildman–Crippen LogP) is 2.41. The lowest BCUT2D eigenvalue weighted by Gasteiger charge is -2.40. The average molecular weight is 584 g/mol. The molecule has 0 spiro atoms. The van der Waals surface area contributed by atoms with Crippen LogP contribution in [-0.4, -0.2) is 98.7 Å². The van der Waals surface area contributed by atoms with Crippen LogP contribution in [0, 0.1) is 0 Å². The molecule has 10 nitrogen and oxygen atoms in total. The van der Waals surface area contributed by atoms with Gasteiger partial charge in [-0.25, -0.2) is 0 Å². The van der Waals surface area contributed by atoms with Gasteiger partial charge in [-0.3, -0.25) is 4.79 Å². The van der Waals surface area contributed by atoms with Crippen LogP contribution in [0.15, 0.2) is 30.3 Å². The predicted molar refractivity (Wildman–Crippen MR) is 155 cm³/mol. The lowest BCUT2D eigenvalue weighted by Crippen LogP contribution is -2.60. The Bertz CT molecular complexity index is 812. The first-order valence-corrected chi connectivity index (χ1v) is 15.4. The van der Waals surface area contributed by atoms with Crippen molar-refractivity contribution in [2.75, 3.05) is 13.2 Å². The molecule has 1 aromatic carbocycles. The number of benzene rings is 1. The smallest absolute Gasteiger partial charge is 0.251 e. The second-order valence-electron chi connectivity index (χ2n) is 11.2. The van der Waals surface area contributed by atoms with Crippen molar-refractivity contribution in [2.24, 2.45) is 0 Å². The molecule has 1 fully saturated rings. The maximum atomic E-state index is 12.8. The first-order valence-electron chi connectivity index (χ1n) is 15.4. The Hall–Kier alpha value is -1.63. The van der Waals surface area contributed by atoms with Crippen molar-refractivity contribution in [1.82, 2.24) is 5.32 Å². The summed E-state index contributed by atoms with van der Waals surface area (Å²) >= 11 is 0. The molecule has 2 rings (SSSR count). The molecule has 1 aliphatic heterocycles. The minimum atomic E-state index is -1.62. The van der Waals surface area contributed by atoms with E-state index >= 15 is 0 Å². The van der Waals surface area contributed by atoms with Crippen molar-refractivity contribution in [3.63, 3.8) is 0 Å². The number of aliphatic hydroxyl groups is 6. The number of hydrogen-bond acceptors (Lipinski definition) is 9. The standard InChI is InChI=1S/C31H53NO9/c1-2-3-4-5-6-7-8-9-10-11-12-16-19-24(34)26(35)23(32-30(39)22-17-14-13-15-18-22)21-40-31-29(38)28(37)27(36)25(20-33)41-31/h13-15,17-18,23-29,31,33-38H,2-12,16,19-21H2,1H3,(H,32,39)/t23-,24-,25+,26+,27-,28-,29+,31-/m0/s1. The van der Waals surface area contributed by atoms with E-state index < -0.39 is 61.5 Å². The number of nitrogens with one attached hydrogen (secondary N) is 1. The molecule has 0 bridgehead atoms. The van der Waals surface area contributed by atoms with Crippen LogP contribution in [0.4, 0.5) is 0 Å². The SMILES string of the molecule is CCCCCCCCCCCCCC[C@H](O)[C@H](O)[C@H](CO[C@H]1O[C@H](CO)[C@H](O)[C@H](O)[C@H]1O)NC(=O)c1ccccc1. The second kappa shape index (κ2) is 20.3. The largest absolute Gasteiger partial charge is 0.394 e. The molecule has 41 heavy (non-hydrogen) atoms. The minimum Gasteiger partial charge on any atom is -0.394 e. The monoisotopic (exact) mass is 583 g/mol. The highest BCUT2D eigenvalue weighted by atomic mass is 16.7. The third kappa shape index (κ3) is 12.6. The van der Waals surface area contributed by atoms with Gasteiger partial charge in [0.1, 0.15) is 30.5 Å². The Kier molecular flexibility index (Phi) is 17.6. The maximum absolute atomic E-state index is 12.8. The van der Waals surface area contributed by atoms with Gasteiger partial charge in [-0.1, -0.05) is 102 Å². The lowest BCUT2D eigenvalue weighted by molar-refractivity contribution is -0.303. The molecule has 1 heterocycles. The Morgan fingerprint density at radius 2 is 1.41 bits per heavy atom. The van der Waals surface area contributed by atoms with Gasteiger partial charge in [0.05, 0.1) is 25.4 Å². The molecule has 0 aromatic heterocycles. The van der Waals surface area contributed by atoms with Gasteiger partial charge in [0, 0.05) is 5.56 Å². The summed E-state index contributed by atoms with van der Waals surface area (Å²) in [6.07, 6.45) is 4.67. The molecule has 1 saturated heterocycles. The Morgan fingerprint density at radius 3 is 1.98 bits per heavy atom. The van der Waals surface area contributed by atoms with E-state index in [2.05, 4.69) is 12.2 Å². The molecular weight excluding hydrogens is 530 g/mol. The number of rotatable bonds is 21. The summed E-state index contributed by atoms with van der Waals surface area (Å²) in [6, 6.07) is 7.33. The van der Waals surface area contributed by atoms with E-state index in [4.69, 9.17) is 9.47 Å². The number of unbranched alkanes of at least 4 members (excludes halogenated alkanes) is 11. The highest BCUT2D eigenvalue weighted by Crippen LogP contribution is 2.23. The Balaban J connectivity index is 1.83. The number of carbonyl (C=O) groups excluding carboxylic acids is 1. The second-order valence-corrected chi connectivity index (χ2v) is 11.2. The van der Waals surface area contributed by atoms with Crippen molar-refractivity contribution >= 4 is 5.91 Å². The molecule has 10 heteroatoms. The first-order chi connectivity index (χ1) is 19.8. The molecular formula is C31H53NO9. The number of amides is 1. The fraction of sp³-hybridized carbons (Fsp3) is 0.774. The van der Waals surface area contributed by atoms with Crippen molar-refractivity contribution in [3.8, 4) is 0 Å². The van der Waals surface area contributed by atoms with Gasteiger partial charge >= 0.3 is 0 Å². The summed E-state index contributed by atoms with van der Waals surface area (Å²) in [7, 11) is 0. The molecule has 1 aliphatic rings. The van der Waals surface area contributed by atoms with Gasteiger partial charge < -0.3 is 45.4 Å². The normalized spacial score (nSPS) is 25.0. The molecule has 8 atom stereocenters. The van der Waals surface area contributed by atoms with Crippen molar-refractivity contribution < 1.29 is 44.9 Å². The minimum absolute atomic E-state index is 0.344. The fourth-order valence-corrected chi connectivity index (χ4v) is 5.10. The quantitative estimate of drug-likeness (QED) is 0.107. The van der Waals surface area contributed by atoms with Crippen LogP contribution in [0.25, 0.3) is 0 Å².